The van der Waals surface area contributed by atoms with Crippen LogP contribution in [0.3, 0.4) is 0 Å². The summed E-state index contributed by atoms with van der Waals surface area (Å²) in [6.07, 6.45) is 4.78. The number of likely N-dealkylation sites (tertiary alicyclic amines) is 1. The molecule has 0 bridgehead atoms. The number of nitrogens with zero attached hydrogens (tertiary/aromatic N) is 2. The summed E-state index contributed by atoms with van der Waals surface area (Å²) in [5, 5.41) is 0. The first kappa shape index (κ1) is 19.9. The molecular weight excluding hydrogens is 358 g/mol. The van der Waals surface area contributed by atoms with E-state index < -0.39 is 11.6 Å². The van der Waals surface area contributed by atoms with E-state index in [-0.39, 0.29) is 12.0 Å². The van der Waals surface area contributed by atoms with Gasteiger partial charge in [0.1, 0.15) is 11.3 Å². The molecular formula is C21H27N3O4. The molecule has 0 aliphatic carbocycles. The molecule has 7 nitrogen and oxygen atoms in total. The molecule has 1 amide bonds. The normalized spacial score (nSPS) is 15.4. The van der Waals surface area contributed by atoms with Gasteiger partial charge in [0.15, 0.2) is 0 Å². The lowest BCUT2D eigenvalue weighted by Gasteiger charge is -2.33. The number of rotatable bonds is 3. The monoisotopic (exact) mass is 385 g/mol. The highest BCUT2D eigenvalue weighted by Crippen LogP contribution is 2.36. The predicted molar refractivity (Wildman–Crippen MR) is 105 cm³/mol. The van der Waals surface area contributed by atoms with Crippen molar-refractivity contribution in [1.29, 1.82) is 0 Å². The van der Waals surface area contributed by atoms with Crippen molar-refractivity contribution >= 4 is 12.1 Å². The fourth-order valence-electron chi connectivity index (χ4n) is 3.47. The number of methoxy groups -OCH3 is 1. The SMILES string of the molecule is COC(=O)c1cc(C2CCN(C(=O)OC(C)(C)C)CC2)c(-c2ccncc2)[nH]1. The number of hydrogen-bond donors (Lipinski definition) is 1. The van der Waals surface area contributed by atoms with Crippen LogP contribution in [0.5, 0.6) is 0 Å². The molecule has 28 heavy (non-hydrogen) atoms. The second kappa shape index (κ2) is 8.04. The number of esters is 1. The van der Waals surface area contributed by atoms with Crippen molar-refractivity contribution in [3.63, 3.8) is 0 Å². The summed E-state index contributed by atoms with van der Waals surface area (Å²) in [5.41, 5.74) is 2.86. The van der Waals surface area contributed by atoms with Crippen LogP contribution >= 0.6 is 0 Å². The predicted octanol–water partition coefficient (Wildman–Crippen LogP) is 3.98. The molecule has 1 aliphatic rings. The van der Waals surface area contributed by atoms with Crippen molar-refractivity contribution in [1.82, 2.24) is 14.9 Å². The van der Waals surface area contributed by atoms with Crippen LogP contribution in [0.25, 0.3) is 11.3 Å². The fourth-order valence-corrected chi connectivity index (χ4v) is 3.47. The number of aromatic amines is 1. The van der Waals surface area contributed by atoms with E-state index in [2.05, 4.69) is 9.97 Å². The van der Waals surface area contributed by atoms with Gasteiger partial charge >= 0.3 is 12.1 Å². The Morgan fingerprint density at radius 2 is 1.82 bits per heavy atom. The quantitative estimate of drug-likeness (QED) is 0.808. The van der Waals surface area contributed by atoms with E-state index in [9.17, 15) is 9.59 Å². The standard InChI is InChI=1S/C21H27N3O4/c1-21(2,3)28-20(26)24-11-7-14(8-12-24)16-13-17(19(25)27-4)23-18(16)15-5-9-22-10-6-15/h5-6,9-10,13-14,23H,7-8,11-12H2,1-4H3. The molecule has 2 aromatic rings. The van der Waals surface area contributed by atoms with E-state index in [1.165, 1.54) is 7.11 Å². The number of carbonyl (C=O) groups excluding carboxylic acids is 2. The Bertz CT molecular complexity index is 831. The molecule has 3 heterocycles. The van der Waals surface area contributed by atoms with Gasteiger partial charge in [-0.3, -0.25) is 4.98 Å². The number of hydrogen-bond acceptors (Lipinski definition) is 5. The first-order valence-electron chi connectivity index (χ1n) is 9.48. The van der Waals surface area contributed by atoms with Crippen LogP contribution in [0.15, 0.2) is 30.6 Å². The van der Waals surface area contributed by atoms with Gasteiger partial charge in [-0.25, -0.2) is 9.59 Å². The van der Waals surface area contributed by atoms with Crippen molar-refractivity contribution in [2.75, 3.05) is 20.2 Å². The summed E-state index contributed by atoms with van der Waals surface area (Å²) in [6.45, 7) is 6.84. The topological polar surface area (TPSA) is 84.5 Å². The van der Waals surface area contributed by atoms with Gasteiger partial charge in [-0.1, -0.05) is 0 Å². The maximum absolute atomic E-state index is 12.3. The molecule has 1 aliphatic heterocycles. The number of H-pyrrole nitrogens is 1. The van der Waals surface area contributed by atoms with E-state index in [0.29, 0.717) is 18.8 Å². The lowest BCUT2D eigenvalue weighted by atomic mass is 9.88. The van der Waals surface area contributed by atoms with E-state index in [1.807, 2.05) is 39.0 Å². The first-order chi connectivity index (χ1) is 13.3. The molecule has 0 unspecified atom stereocenters. The zero-order chi connectivity index (χ0) is 20.3. The van der Waals surface area contributed by atoms with E-state index >= 15 is 0 Å². The molecule has 2 aromatic heterocycles. The molecule has 7 heteroatoms. The summed E-state index contributed by atoms with van der Waals surface area (Å²) in [5.74, 6) is -0.163. The second-order valence-corrected chi connectivity index (χ2v) is 7.98. The largest absolute Gasteiger partial charge is 0.464 e. The summed E-state index contributed by atoms with van der Waals surface area (Å²) in [7, 11) is 1.37. The minimum Gasteiger partial charge on any atom is -0.464 e. The van der Waals surface area contributed by atoms with Crippen LogP contribution in [0.4, 0.5) is 4.79 Å². The molecule has 0 radical (unpaired) electrons. The Kier molecular flexibility index (Phi) is 5.72. The Labute approximate surface area is 165 Å². The van der Waals surface area contributed by atoms with Crippen molar-refractivity contribution < 1.29 is 19.1 Å². The second-order valence-electron chi connectivity index (χ2n) is 7.98. The number of pyridine rings is 1. The van der Waals surface area contributed by atoms with E-state index in [1.54, 1.807) is 17.3 Å². The van der Waals surface area contributed by atoms with Crippen LogP contribution in [0.2, 0.25) is 0 Å². The molecule has 0 atom stereocenters. The summed E-state index contributed by atoms with van der Waals surface area (Å²) in [6, 6.07) is 5.69. The third-order valence-electron chi connectivity index (χ3n) is 4.81. The third-order valence-corrected chi connectivity index (χ3v) is 4.81. The molecule has 0 aromatic carbocycles. The average Bonchev–Trinajstić information content (AvgIpc) is 3.12. The molecule has 150 valence electrons. The van der Waals surface area contributed by atoms with Gasteiger partial charge in [0.2, 0.25) is 0 Å². The van der Waals surface area contributed by atoms with Crippen LogP contribution < -0.4 is 0 Å². The molecule has 1 fully saturated rings. The van der Waals surface area contributed by atoms with Gasteiger partial charge in [0.25, 0.3) is 0 Å². The highest BCUT2D eigenvalue weighted by Gasteiger charge is 2.30. The molecule has 1 N–H and O–H groups in total. The number of ether oxygens (including phenoxy) is 2. The highest BCUT2D eigenvalue weighted by molar-refractivity contribution is 5.89. The van der Waals surface area contributed by atoms with Crippen LogP contribution in [0, 0.1) is 0 Å². The first-order valence-corrected chi connectivity index (χ1v) is 9.48. The number of nitrogens with one attached hydrogen (secondary N) is 1. The van der Waals surface area contributed by atoms with Crippen molar-refractivity contribution in [2.24, 2.45) is 0 Å². The van der Waals surface area contributed by atoms with Gasteiger partial charge in [0, 0.05) is 36.7 Å². The lowest BCUT2D eigenvalue weighted by molar-refractivity contribution is 0.0205. The summed E-state index contributed by atoms with van der Waals surface area (Å²) >= 11 is 0. The molecule has 0 saturated carbocycles. The zero-order valence-corrected chi connectivity index (χ0v) is 16.8. The molecule has 3 rings (SSSR count). The Balaban J connectivity index is 1.79. The zero-order valence-electron chi connectivity index (χ0n) is 16.8. The number of amides is 1. The van der Waals surface area contributed by atoms with Gasteiger partial charge in [-0.2, -0.15) is 0 Å². The van der Waals surface area contributed by atoms with E-state index in [4.69, 9.17) is 9.47 Å². The Morgan fingerprint density at radius 3 is 2.39 bits per heavy atom. The van der Waals surface area contributed by atoms with Crippen LogP contribution in [-0.2, 0) is 9.47 Å². The number of carbonyl (C=O) groups is 2. The minimum atomic E-state index is -0.501. The maximum atomic E-state index is 12.3. The number of aromatic nitrogens is 2. The molecule has 0 spiro atoms. The van der Waals surface area contributed by atoms with Gasteiger partial charge in [-0.05, 0) is 63.3 Å². The highest BCUT2D eigenvalue weighted by atomic mass is 16.6. The Hall–Kier alpha value is -2.83. The maximum Gasteiger partial charge on any atom is 0.410 e. The third kappa shape index (κ3) is 4.52. The van der Waals surface area contributed by atoms with Crippen LogP contribution in [-0.4, -0.2) is 52.7 Å². The molecule has 1 saturated heterocycles. The van der Waals surface area contributed by atoms with Crippen LogP contribution in [0.1, 0.15) is 55.6 Å². The number of piperidine rings is 1. The fraction of sp³-hybridized carbons (Fsp3) is 0.476. The van der Waals surface area contributed by atoms with Crippen molar-refractivity contribution in [2.45, 2.75) is 45.1 Å². The van der Waals surface area contributed by atoms with Gasteiger partial charge in [0.05, 0.1) is 7.11 Å². The Morgan fingerprint density at radius 1 is 1.18 bits per heavy atom. The van der Waals surface area contributed by atoms with Crippen molar-refractivity contribution in [3.8, 4) is 11.3 Å². The lowest BCUT2D eigenvalue weighted by Crippen LogP contribution is -2.41. The summed E-state index contributed by atoms with van der Waals surface area (Å²) < 4.78 is 10.3. The van der Waals surface area contributed by atoms with Crippen molar-refractivity contribution in [3.05, 3.63) is 41.9 Å². The van der Waals surface area contributed by atoms with Gasteiger partial charge < -0.3 is 19.4 Å². The van der Waals surface area contributed by atoms with E-state index in [0.717, 1.165) is 29.7 Å². The smallest absolute Gasteiger partial charge is 0.410 e. The minimum absolute atomic E-state index is 0.233. The average molecular weight is 385 g/mol. The summed E-state index contributed by atoms with van der Waals surface area (Å²) in [4.78, 5) is 33.4. The van der Waals surface area contributed by atoms with Gasteiger partial charge in [-0.15, -0.1) is 0 Å².